The molecule has 4 aromatic rings. The number of alkyl halides is 5. The molecule has 1 unspecified atom stereocenters. The lowest BCUT2D eigenvalue weighted by atomic mass is 10.1. The minimum atomic E-state index is -4.66. The van der Waals surface area contributed by atoms with Crippen LogP contribution in [0.2, 0.25) is 5.02 Å². The fourth-order valence-electron chi connectivity index (χ4n) is 5.12. The van der Waals surface area contributed by atoms with E-state index in [9.17, 15) is 31.5 Å². The highest BCUT2D eigenvalue weighted by molar-refractivity contribution is 6.34. The molecule has 2 amide bonds. The molecular weight excluding hydrogens is 597 g/mol. The average molecular weight is 622 g/mol. The summed E-state index contributed by atoms with van der Waals surface area (Å²) in [5.41, 5.74) is 0.369. The largest absolute Gasteiger partial charge is 0.416 e. The minimum absolute atomic E-state index is 0.0421. The summed E-state index contributed by atoms with van der Waals surface area (Å²) in [6, 6.07) is 5.45. The Kier molecular flexibility index (Phi) is 7.99. The van der Waals surface area contributed by atoms with Gasteiger partial charge in [0.05, 0.1) is 40.4 Å². The van der Waals surface area contributed by atoms with E-state index in [0.29, 0.717) is 27.7 Å². The molecule has 3 aromatic heterocycles. The van der Waals surface area contributed by atoms with Crippen molar-refractivity contribution in [2.45, 2.75) is 45.0 Å². The number of fused-ring (bicyclic) bond motifs is 1. The zero-order chi connectivity index (χ0) is 31.2. The van der Waals surface area contributed by atoms with Gasteiger partial charge in [0.25, 0.3) is 6.43 Å². The van der Waals surface area contributed by atoms with E-state index in [1.54, 1.807) is 36.3 Å². The number of rotatable bonds is 7. The number of hydrogen-bond acceptors (Lipinski definition) is 6. The molecule has 1 fully saturated rings. The zero-order valence-electron chi connectivity index (χ0n) is 23.1. The Labute approximate surface area is 247 Å². The minimum Gasteiger partial charge on any atom is -0.366 e. The van der Waals surface area contributed by atoms with Gasteiger partial charge in [-0.25, -0.2) is 23.7 Å². The molecule has 1 aromatic carbocycles. The molecule has 43 heavy (non-hydrogen) atoms. The predicted molar refractivity (Wildman–Crippen MR) is 149 cm³/mol. The first-order chi connectivity index (χ1) is 20.2. The van der Waals surface area contributed by atoms with E-state index >= 15 is 0 Å². The SMILES string of the molecule is Cc1cc(C(F)(F)F)cc(N2C(=O)CCC2C(=O)N(C)c2cccc(Cl)c2N(C)Cc2cn3cc(C(F)F)ncc3n2)n1. The van der Waals surface area contributed by atoms with E-state index in [2.05, 4.69) is 15.0 Å². The number of halogens is 6. The van der Waals surface area contributed by atoms with Gasteiger partial charge in [-0.1, -0.05) is 17.7 Å². The summed E-state index contributed by atoms with van der Waals surface area (Å²) in [5, 5.41) is 0.291. The topological polar surface area (TPSA) is 86.9 Å². The zero-order valence-corrected chi connectivity index (χ0v) is 23.9. The molecule has 1 saturated heterocycles. The molecule has 226 valence electrons. The molecule has 4 heterocycles. The third kappa shape index (κ3) is 5.96. The molecule has 0 radical (unpaired) electrons. The molecule has 0 N–H and O–H groups in total. The number of imidazole rings is 1. The number of carbonyl (C=O) groups is 2. The van der Waals surface area contributed by atoms with Crippen molar-refractivity contribution in [3.8, 4) is 0 Å². The summed E-state index contributed by atoms with van der Waals surface area (Å²) >= 11 is 6.58. The quantitative estimate of drug-likeness (QED) is 0.241. The van der Waals surface area contributed by atoms with E-state index in [1.165, 1.54) is 35.7 Å². The van der Waals surface area contributed by atoms with Crippen molar-refractivity contribution >= 4 is 46.3 Å². The molecular formula is C28H25ClF5N7O2. The van der Waals surface area contributed by atoms with Gasteiger partial charge in [-0.3, -0.25) is 14.5 Å². The van der Waals surface area contributed by atoms with Crippen LogP contribution < -0.4 is 14.7 Å². The third-order valence-electron chi connectivity index (χ3n) is 7.08. The van der Waals surface area contributed by atoms with Gasteiger partial charge < -0.3 is 14.2 Å². The van der Waals surface area contributed by atoms with Crippen LogP contribution in [-0.2, 0) is 22.3 Å². The molecule has 0 saturated carbocycles. The monoisotopic (exact) mass is 621 g/mol. The second-order valence-corrected chi connectivity index (χ2v) is 10.6. The van der Waals surface area contributed by atoms with Gasteiger partial charge >= 0.3 is 6.18 Å². The first-order valence-corrected chi connectivity index (χ1v) is 13.4. The molecule has 5 rings (SSSR count). The summed E-state index contributed by atoms with van der Waals surface area (Å²) in [7, 11) is 3.19. The third-order valence-corrected chi connectivity index (χ3v) is 7.39. The van der Waals surface area contributed by atoms with E-state index < -0.39 is 41.7 Å². The maximum Gasteiger partial charge on any atom is 0.416 e. The Morgan fingerprint density at radius 1 is 1.16 bits per heavy atom. The summed E-state index contributed by atoms with van der Waals surface area (Å²) in [4.78, 5) is 43.0. The van der Waals surface area contributed by atoms with Gasteiger partial charge in [0.2, 0.25) is 11.8 Å². The predicted octanol–water partition coefficient (Wildman–Crippen LogP) is 5.84. The normalized spacial score (nSPS) is 15.5. The summed E-state index contributed by atoms with van der Waals surface area (Å²) in [5.74, 6) is -1.31. The Hall–Kier alpha value is -4.33. The van der Waals surface area contributed by atoms with Crippen molar-refractivity contribution in [1.82, 2.24) is 19.4 Å². The number of nitrogens with zero attached hydrogens (tertiary/aromatic N) is 7. The maximum absolute atomic E-state index is 13.8. The highest BCUT2D eigenvalue weighted by atomic mass is 35.5. The Morgan fingerprint density at radius 2 is 1.91 bits per heavy atom. The smallest absolute Gasteiger partial charge is 0.366 e. The Balaban J connectivity index is 1.43. The van der Waals surface area contributed by atoms with Gasteiger partial charge in [0.1, 0.15) is 17.6 Å². The molecule has 1 aliphatic rings. The molecule has 1 aliphatic heterocycles. The lowest BCUT2D eigenvalue weighted by molar-refractivity contribution is -0.137. The van der Waals surface area contributed by atoms with E-state index in [-0.39, 0.29) is 30.9 Å². The van der Waals surface area contributed by atoms with E-state index in [0.717, 1.165) is 17.0 Å². The van der Waals surface area contributed by atoms with E-state index in [1.807, 2.05) is 0 Å². The van der Waals surface area contributed by atoms with E-state index in [4.69, 9.17) is 11.6 Å². The molecule has 0 bridgehead atoms. The Morgan fingerprint density at radius 3 is 2.60 bits per heavy atom. The fourth-order valence-corrected chi connectivity index (χ4v) is 5.43. The van der Waals surface area contributed by atoms with Crippen molar-refractivity contribution in [3.63, 3.8) is 0 Å². The average Bonchev–Trinajstić information content (AvgIpc) is 3.53. The second-order valence-electron chi connectivity index (χ2n) is 10.1. The standard InChI is InChI=1S/C28H25ClF5N7O2/c1-15-9-16(28(32,33)34)10-22(36-15)41-21(7-8-24(41)42)27(43)39(3)20-6-4-5-18(29)25(20)38(2)12-17-13-40-14-19(26(30)31)35-11-23(40)37-17/h4-6,9-11,13-14,21,26H,7-8,12H2,1-3H3. The van der Waals surface area contributed by atoms with Crippen LogP contribution in [0.4, 0.5) is 39.1 Å². The lowest BCUT2D eigenvalue weighted by Gasteiger charge is -2.31. The van der Waals surface area contributed by atoms with Crippen LogP contribution in [0.25, 0.3) is 5.65 Å². The number of carbonyl (C=O) groups excluding carboxylic acids is 2. The van der Waals surface area contributed by atoms with Crippen LogP contribution in [-0.4, -0.2) is 51.3 Å². The number of pyridine rings is 1. The Bertz CT molecular complexity index is 1710. The number of anilines is 3. The van der Waals surface area contributed by atoms with Crippen LogP contribution in [0.3, 0.4) is 0 Å². The molecule has 0 aliphatic carbocycles. The number of benzene rings is 1. The highest BCUT2D eigenvalue weighted by Crippen LogP contribution is 2.38. The summed E-state index contributed by atoms with van der Waals surface area (Å²) < 4.78 is 68.1. The number of aromatic nitrogens is 4. The fraction of sp³-hybridized carbons (Fsp3) is 0.321. The van der Waals surface area contributed by atoms with Gasteiger partial charge in [-0.05, 0) is 37.6 Å². The van der Waals surface area contributed by atoms with Crippen molar-refractivity contribution < 1.29 is 31.5 Å². The summed E-state index contributed by atoms with van der Waals surface area (Å²) in [6.45, 7) is 1.56. The van der Waals surface area contributed by atoms with Crippen molar-refractivity contribution in [2.75, 3.05) is 28.8 Å². The van der Waals surface area contributed by atoms with Crippen LogP contribution >= 0.6 is 11.6 Å². The molecule has 15 heteroatoms. The van der Waals surface area contributed by atoms with Gasteiger partial charge in [-0.2, -0.15) is 13.2 Å². The van der Waals surface area contributed by atoms with Gasteiger partial charge in [0.15, 0.2) is 5.65 Å². The number of aryl methyl sites for hydroxylation is 1. The number of para-hydroxylation sites is 1. The van der Waals surface area contributed by atoms with Crippen LogP contribution in [0, 0.1) is 6.92 Å². The number of amides is 2. The molecule has 9 nitrogen and oxygen atoms in total. The highest BCUT2D eigenvalue weighted by Gasteiger charge is 2.41. The first-order valence-electron chi connectivity index (χ1n) is 13.0. The van der Waals surface area contributed by atoms with Gasteiger partial charge in [-0.15, -0.1) is 0 Å². The first kappa shape index (κ1) is 30.1. The van der Waals surface area contributed by atoms with Crippen LogP contribution in [0.15, 0.2) is 48.9 Å². The van der Waals surface area contributed by atoms with Crippen molar-refractivity contribution in [3.05, 3.63) is 76.6 Å². The van der Waals surface area contributed by atoms with Crippen LogP contribution in [0.5, 0.6) is 0 Å². The van der Waals surface area contributed by atoms with Gasteiger partial charge in [0, 0.05) is 38.6 Å². The van der Waals surface area contributed by atoms with Crippen molar-refractivity contribution in [2.24, 2.45) is 0 Å². The summed E-state index contributed by atoms with van der Waals surface area (Å²) in [6.07, 6.45) is -3.34. The number of hydrogen-bond donors (Lipinski definition) is 0. The molecule has 0 spiro atoms. The lowest BCUT2D eigenvalue weighted by Crippen LogP contribution is -2.46. The van der Waals surface area contributed by atoms with Crippen molar-refractivity contribution in [1.29, 1.82) is 0 Å². The maximum atomic E-state index is 13.8. The molecule has 1 atom stereocenters. The second kappa shape index (κ2) is 11.4. The number of likely N-dealkylation sites (N-methyl/N-ethyl adjacent to an activating group) is 1. The van der Waals surface area contributed by atoms with Crippen LogP contribution in [0.1, 0.15) is 41.9 Å².